The van der Waals surface area contributed by atoms with Crippen LogP contribution >= 0.6 is 11.3 Å². The number of carbonyl (C=O) groups excluding carboxylic acids is 1. The van der Waals surface area contributed by atoms with E-state index < -0.39 is 5.97 Å². The van der Waals surface area contributed by atoms with Crippen LogP contribution in [0.2, 0.25) is 0 Å². The minimum atomic E-state index is -0.404. The Labute approximate surface area is 172 Å². The molecule has 29 heavy (non-hydrogen) atoms. The third-order valence-electron chi connectivity index (χ3n) is 4.33. The third-order valence-corrected chi connectivity index (χ3v) is 5.15. The van der Waals surface area contributed by atoms with Crippen molar-refractivity contribution in [3.05, 3.63) is 106 Å². The van der Waals surface area contributed by atoms with E-state index in [4.69, 9.17) is 4.74 Å². The van der Waals surface area contributed by atoms with E-state index >= 15 is 0 Å². The number of thiophene rings is 1. The van der Waals surface area contributed by atoms with Crippen molar-refractivity contribution in [2.75, 3.05) is 0 Å². The molecule has 4 rings (SSSR count). The minimum Gasteiger partial charge on any atom is -0.457 e. The van der Waals surface area contributed by atoms with Gasteiger partial charge in [-0.15, -0.1) is 16.4 Å². The van der Waals surface area contributed by atoms with E-state index in [1.165, 1.54) is 0 Å². The Bertz CT molecular complexity index is 1090. The van der Waals surface area contributed by atoms with Crippen molar-refractivity contribution in [3.8, 4) is 0 Å². The summed E-state index contributed by atoms with van der Waals surface area (Å²) < 4.78 is 7.32. The maximum absolute atomic E-state index is 13.0. The molecule has 144 valence electrons. The fourth-order valence-corrected chi connectivity index (χ4v) is 3.55. The summed E-state index contributed by atoms with van der Waals surface area (Å²) >= 11 is 1.56. The summed E-state index contributed by atoms with van der Waals surface area (Å²) in [5.74, 6) is -0.404. The van der Waals surface area contributed by atoms with E-state index in [0.717, 1.165) is 16.0 Å². The summed E-state index contributed by atoms with van der Waals surface area (Å²) in [6.07, 6.45) is 3.43. The van der Waals surface area contributed by atoms with Crippen LogP contribution in [0.4, 0.5) is 0 Å². The summed E-state index contributed by atoms with van der Waals surface area (Å²) in [6.45, 7) is 0.728. The van der Waals surface area contributed by atoms with E-state index in [1.54, 1.807) is 22.2 Å². The molecule has 0 aliphatic rings. The van der Waals surface area contributed by atoms with Gasteiger partial charge in [0.2, 0.25) is 0 Å². The van der Waals surface area contributed by atoms with Gasteiger partial charge in [0, 0.05) is 4.88 Å². The summed E-state index contributed by atoms with van der Waals surface area (Å²) in [4.78, 5) is 14.0. The van der Waals surface area contributed by atoms with Crippen molar-refractivity contribution < 1.29 is 9.53 Å². The second-order valence-electron chi connectivity index (χ2n) is 6.40. The molecule has 6 heteroatoms. The average molecular weight is 401 g/mol. The molecule has 0 radical (unpaired) electrons. The standard InChI is InChI=1S/C23H19N3O2S/c27-23(28-17-19-10-5-2-6-11-19)21(14-20-12-7-13-29-20)22-15-24-25-26(22)16-18-8-3-1-4-9-18/h1-15H,16-17H2/b21-14+. The molecule has 0 saturated carbocycles. The largest absolute Gasteiger partial charge is 0.457 e. The first-order valence-corrected chi connectivity index (χ1v) is 10.1. The lowest BCUT2D eigenvalue weighted by Crippen LogP contribution is -2.13. The molecule has 0 spiro atoms. The lowest BCUT2D eigenvalue weighted by molar-refractivity contribution is -0.137. The number of rotatable bonds is 7. The SMILES string of the molecule is O=C(OCc1ccccc1)/C(=C/c1cccs1)c1cnnn1Cc1ccccc1. The number of nitrogens with zero attached hydrogens (tertiary/aromatic N) is 3. The molecular formula is C23H19N3O2S. The summed E-state index contributed by atoms with van der Waals surface area (Å²) in [6, 6.07) is 23.5. The van der Waals surface area contributed by atoms with Crippen molar-refractivity contribution in [2.45, 2.75) is 13.2 Å². The molecule has 0 aliphatic carbocycles. The lowest BCUT2D eigenvalue weighted by atomic mass is 10.1. The first kappa shape index (κ1) is 18.8. The topological polar surface area (TPSA) is 57.0 Å². The molecule has 2 heterocycles. The van der Waals surface area contributed by atoms with Gasteiger partial charge in [0.25, 0.3) is 0 Å². The van der Waals surface area contributed by atoms with E-state index in [-0.39, 0.29) is 6.61 Å². The molecule has 2 aromatic carbocycles. The van der Waals surface area contributed by atoms with Gasteiger partial charge in [-0.05, 0) is 28.6 Å². The zero-order valence-electron chi connectivity index (χ0n) is 15.6. The number of benzene rings is 2. The van der Waals surface area contributed by atoms with Crippen molar-refractivity contribution in [2.24, 2.45) is 0 Å². The van der Waals surface area contributed by atoms with Crippen LogP contribution < -0.4 is 0 Å². The number of hydrogen-bond acceptors (Lipinski definition) is 5. The zero-order valence-corrected chi connectivity index (χ0v) is 16.5. The van der Waals surface area contributed by atoms with Crippen molar-refractivity contribution in [1.82, 2.24) is 15.0 Å². The van der Waals surface area contributed by atoms with Crippen LogP contribution in [-0.4, -0.2) is 21.0 Å². The van der Waals surface area contributed by atoms with Crippen LogP contribution in [0.1, 0.15) is 21.7 Å². The van der Waals surface area contributed by atoms with Gasteiger partial charge in [0.15, 0.2) is 0 Å². The first-order valence-electron chi connectivity index (χ1n) is 9.18. The molecule has 0 atom stereocenters. The van der Waals surface area contributed by atoms with Crippen LogP contribution in [-0.2, 0) is 22.7 Å². The number of esters is 1. The Hall–Kier alpha value is -3.51. The molecule has 0 amide bonds. The molecule has 0 N–H and O–H groups in total. The fraction of sp³-hybridized carbons (Fsp3) is 0.0870. The third kappa shape index (κ3) is 4.86. The smallest absolute Gasteiger partial charge is 0.340 e. The van der Waals surface area contributed by atoms with Crippen molar-refractivity contribution in [3.63, 3.8) is 0 Å². The van der Waals surface area contributed by atoms with Crippen molar-refractivity contribution >= 4 is 29.0 Å². The van der Waals surface area contributed by atoms with Gasteiger partial charge >= 0.3 is 5.97 Å². The summed E-state index contributed by atoms with van der Waals surface area (Å²) in [5, 5.41) is 10.2. The Kier molecular flexibility index (Phi) is 5.92. The molecule has 4 aromatic rings. The number of ether oxygens (including phenoxy) is 1. The van der Waals surface area contributed by atoms with Gasteiger partial charge in [-0.1, -0.05) is 71.9 Å². The van der Waals surface area contributed by atoms with E-state index in [0.29, 0.717) is 17.8 Å². The maximum Gasteiger partial charge on any atom is 0.340 e. The van der Waals surface area contributed by atoms with Crippen LogP contribution in [0.25, 0.3) is 11.6 Å². The van der Waals surface area contributed by atoms with Gasteiger partial charge < -0.3 is 4.74 Å². The van der Waals surface area contributed by atoms with Gasteiger partial charge in [0.05, 0.1) is 24.0 Å². The highest BCUT2D eigenvalue weighted by Gasteiger charge is 2.19. The molecule has 0 aliphatic heterocycles. The molecule has 2 aromatic heterocycles. The Morgan fingerprint density at radius 3 is 2.38 bits per heavy atom. The highest BCUT2D eigenvalue weighted by atomic mass is 32.1. The second-order valence-corrected chi connectivity index (χ2v) is 7.38. The molecule has 0 bridgehead atoms. The molecule has 0 saturated heterocycles. The second kappa shape index (κ2) is 9.12. The van der Waals surface area contributed by atoms with Crippen molar-refractivity contribution in [1.29, 1.82) is 0 Å². The van der Waals surface area contributed by atoms with E-state index in [2.05, 4.69) is 10.3 Å². The van der Waals surface area contributed by atoms with Gasteiger partial charge in [-0.3, -0.25) is 0 Å². The highest BCUT2D eigenvalue weighted by molar-refractivity contribution is 7.11. The lowest BCUT2D eigenvalue weighted by Gasteiger charge is -2.11. The molecule has 0 fully saturated rings. The monoisotopic (exact) mass is 401 g/mol. The Morgan fingerprint density at radius 1 is 0.966 bits per heavy atom. The minimum absolute atomic E-state index is 0.210. The number of carbonyl (C=O) groups is 1. The average Bonchev–Trinajstić information content (AvgIpc) is 3.44. The van der Waals surface area contributed by atoms with Gasteiger partial charge in [-0.2, -0.15) is 0 Å². The summed E-state index contributed by atoms with van der Waals surface area (Å²) in [7, 11) is 0. The zero-order chi connectivity index (χ0) is 19.9. The molecule has 5 nitrogen and oxygen atoms in total. The van der Waals surface area contributed by atoms with Crippen LogP contribution in [0.3, 0.4) is 0 Å². The summed E-state index contributed by atoms with van der Waals surface area (Å²) in [5.41, 5.74) is 3.07. The number of aromatic nitrogens is 3. The van der Waals surface area contributed by atoms with Gasteiger partial charge in [0.1, 0.15) is 6.61 Å². The normalized spacial score (nSPS) is 11.4. The predicted molar refractivity (Wildman–Crippen MR) is 114 cm³/mol. The maximum atomic E-state index is 13.0. The number of hydrogen-bond donors (Lipinski definition) is 0. The van der Waals surface area contributed by atoms with Crippen LogP contribution in [0.15, 0.2) is 84.4 Å². The molecular weight excluding hydrogens is 382 g/mol. The van der Waals surface area contributed by atoms with E-state index in [1.807, 2.05) is 84.3 Å². The first-order chi connectivity index (χ1) is 14.3. The highest BCUT2D eigenvalue weighted by Crippen LogP contribution is 2.23. The predicted octanol–water partition coefficient (Wildman–Crippen LogP) is 4.67. The molecule has 0 unspecified atom stereocenters. The Balaban J connectivity index is 1.62. The van der Waals surface area contributed by atoms with Gasteiger partial charge in [-0.25, -0.2) is 9.48 Å². The Morgan fingerprint density at radius 2 is 1.69 bits per heavy atom. The quantitative estimate of drug-likeness (QED) is 0.333. The van der Waals surface area contributed by atoms with Crippen LogP contribution in [0, 0.1) is 0 Å². The van der Waals surface area contributed by atoms with E-state index in [9.17, 15) is 4.79 Å². The van der Waals surface area contributed by atoms with Crippen LogP contribution in [0.5, 0.6) is 0 Å². The fourth-order valence-electron chi connectivity index (χ4n) is 2.89.